The molecule has 8 N–H and O–H groups in total. The Hall–Kier alpha value is -4.24. The number of carboxylic acid groups (broad SMARTS) is 8. The van der Waals surface area contributed by atoms with Crippen LogP contribution < -0.4 is 0 Å². The van der Waals surface area contributed by atoms with Crippen molar-refractivity contribution in [3.63, 3.8) is 0 Å². The van der Waals surface area contributed by atoms with E-state index in [9.17, 15) is 79.2 Å². The van der Waals surface area contributed by atoms with E-state index in [1.807, 2.05) is 0 Å². The number of aliphatic carboxylic acids is 8. The molecule has 0 heterocycles. The largest absolute Gasteiger partial charge is 0.481 e. The zero-order valence-electron chi connectivity index (χ0n) is 30.5. The van der Waals surface area contributed by atoms with Crippen molar-refractivity contribution in [3.8, 4) is 0 Å². The summed E-state index contributed by atoms with van der Waals surface area (Å²) in [7, 11) is 0. The van der Waals surface area contributed by atoms with Gasteiger partial charge < -0.3 is 40.9 Å². The lowest BCUT2D eigenvalue weighted by Crippen LogP contribution is -2.49. The van der Waals surface area contributed by atoms with Crippen LogP contribution in [0.4, 0.5) is 0 Å². The van der Waals surface area contributed by atoms with Crippen LogP contribution in [0.2, 0.25) is 0 Å². The SMILES string of the molecule is CCC(C)(CC(C)(CC(C)(CC(C)(CC(C)(CC(C)(CC(C)(CC(C)(C)C(=O)O)C(=O)O)C(=O)O)C(=O)O)C(=O)O)C(=O)O)C(=O)O)C(=O)O. The normalized spacial score (nSPS) is 20.4. The van der Waals surface area contributed by atoms with Crippen LogP contribution in [0.5, 0.6) is 0 Å². The number of carbonyl (C=O) groups is 8. The molecule has 0 spiro atoms. The van der Waals surface area contributed by atoms with Gasteiger partial charge in [-0.25, -0.2) is 0 Å². The topological polar surface area (TPSA) is 298 Å². The summed E-state index contributed by atoms with van der Waals surface area (Å²) < 4.78 is 0. The van der Waals surface area contributed by atoms with Gasteiger partial charge in [0.1, 0.15) is 0 Å². The number of carboxylic acids is 8. The third-order valence-corrected chi connectivity index (χ3v) is 10.5. The van der Waals surface area contributed by atoms with E-state index < -0.39 is 136 Å². The van der Waals surface area contributed by atoms with Crippen molar-refractivity contribution in [2.45, 2.75) is 121 Å². The van der Waals surface area contributed by atoms with Crippen molar-refractivity contribution in [2.24, 2.45) is 43.3 Å². The van der Waals surface area contributed by atoms with Crippen LogP contribution in [0, 0.1) is 43.3 Å². The van der Waals surface area contributed by atoms with E-state index >= 15 is 0 Å². The molecule has 0 aliphatic carbocycles. The van der Waals surface area contributed by atoms with E-state index in [-0.39, 0.29) is 6.42 Å². The maximum atomic E-state index is 12.9. The summed E-state index contributed by atoms with van der Waals surface area (Å²) in [5.41, 5.74) is -16.2. The molecule has 0 aromatic carbocycles. The second-order valence-corrected chi connectivity index (χ2v) is 16.8. The molecule has 286 valence electrons. The van der Waals surface area contributed by atoms with Gasteiger partial charge in [-0.15, -0.1) is 0 Å². The van der Waals surface area contributed by atoms with E-state index in [4.69, 9.17) is 0 Å². The first kappa shape index (κ1) is 45.8. The van der Waals surface area contributed by atoms with Crippen molar-refractivity contribution in [1.29, 1.82) is 0 Å². The van der Waals surface area contributed by atoms with E-state index in [2.05, 4.69) is 0 Å². The fourth-order valence-corrected chi connectivity index (χ4v) is 7.85. The zero-order valence-corrected chi connectivity index (χ0v) is 30.5. The third-order valence-electron chi connectivity index (χ3n) is 10.5. The minimum absolute atomic E-state index is 0.0180. The summed E-state index contributed by atoms with van der Waals surface area (Å²) in [5, 5.41) is 81.3. The van der Waals surface area contributed by atoms with Crippen LogP contribution >= 0.6 is 0 Å². The smallest absolute Gasteiger partial charge is 0.309 e. The fourth-order valence-electron chi connectivity index (χ4n) is 7.85. The summed E-state index contributed by atoms with van der Waals surface area (Å²) in [6.07, 6.45) is -5.26. The average molecular weight is 719 g/mol. The van der Waals surface area contributed by atoms with Gasteiger partial charge in [0.15, 0.2) is 0 Å². The number of hydrogen-bond donors (Lipinski definition) is 8. The molecule has 0 aliphatic heterocycles. The fraction of sp³-hybridized carbons (Fsp3) is 0.765. The summed E-state index contributed by atoms with van der Waals surface area (Å²) in [6, 6.07) is 0. The first-order chi connectivity index (χ1) is 22.1. The molecule has 0 saturated heterocycles. The van der Waals surface area contributed by atoms with Crippen molar-refractivity contribution in [2.75, 3.05) is 0 Å². The van der Waals surface area contributed by atoms with E-state index in [0.717, 1.165) is 41.5 Å². The van der Waals surface area contributed by atoms with Crippen LogP contribution in [0.1, 0.15) is 121 Å². The highest BCUT2D eigenvalue weighted by atomic mass is 16.4. The molecule has 0 saturated carbocycles. The average Bonchev–Trinajstić information content (AvgIpc) is 2.91. The zero-order chi connectivity index (χ0) is 40.3. The lowest BCUT2D eigenvalue weighted by atomic mass is 9.57. The van der Waals surface area contributed by atoms with Crippen LogP contribution in [0.15, 0.2) is 0 Å². The second-order valence-electron chi connectivity index (χ2n) is 16.8. The molecule has 7 atom stereocenters. The Morgan fingerprint density at radius 1 is 0.300 bits per heavy atom. The maximum absolute atomic E-state index is 12.9. The van der Waals surface area contributed by atoms with Crippen molar-refractivity contribution < 1.29 is 79.2 Å². The highest BCUT2D eigenvalue weighted by Gasteiger charge is 2.57. The Balaban J connectivity index is 7.19. The summed E-state index contributed by atoms with van der Waals surface area (Å²) in [5.74, 6) is -12.4. The van der Waals surface area contributed by atoms with Crippen molar-refractivity contribution >= 4 is 47.8 Å². The van der Waals surface area contributed by atoms with Crippen molar-refractivity contribution in [3.05, 3.63) is 0 Å². The lowest BCUT2D eigenvalue weighted by Gasteiger charge is -2.45. The number of rotatable bonds is 23. The lowest BCUT2D eigenvalue weighted by molar-refractivity contribution is -0.168. The molecular formula is C34H54O16. The Labute approximate surface area is 290 Å². The molecular weight excluding hydrogens is 664 g/mol. The first-order valence-electron chi connectivity index (χ1n) is 15.9. The molecule has 0 aliphatic rings. The Morgan fingerprint density at radius 3 is 0.600 bits per heavy atom. The van der Waals surface area contributed by atoms with Gasteiger partial charge in [0.2, 0.25) is 0 Å². The highest BCUT2D eigenvalue weighted by molar-refractivity contribution is 5.84. The molecule has 16 nitrogen and oxygen atoms in total. The Kier molecular flexibility index (Phi) is 13.7. The summed E-state index contributed by atoms with van der Waals surface area (Å²) in [6.45, 7) is 11.8. The molecule has 0 radical (unpaired) electrons. The van der Waals surface area contributed by atoms with Gasteiger partial charge in [0.05, 0.1) is 43.3 Å². The molecule has 0 bridgehead atoms. The standard InChI is InChI=1S/C34H54O16/c1-11-28(4,20(37)38)13-30(6,22(41)42)15-32(8,24(45)46)17-34(10,26(49)50)18-33(9,25(47)48)16-31(7,23(43)44)14-29(5,21(39)40)12-27(2,3)19(35)36/h11-18H2,1-10H3,(H,35,36)(H,37,38)(H,39,40)(H,41,42)(H,43,44)(H,45,46)(H,47,48)(H,49,50). The van der Waals surface area contributed by atoms with Crippen LogP contribution in [-0.2, 0) is 38.4 Å². The molecule has 0 aromatic rings. The van der Waals surface area contributed by atoms with E-state index in [1.165, 1.54) is 27.7 Å². The predicted octanol–water partition coefficient (Wildman–Crippen LogP) is 4.87. The minimum Gasteiger partial charge on any atom is -0.481 e. The quantitative estimate of drug-likeness (QED) is 0.0698. The maximum Gasteiger partial charge on any atom is 0.309 e. The minimum atomic E-state index is -2.28. The summed E-state index contributed by atoms with van der Waals surface area (Å²) in [4.78, 5) is 100. The molecule has 7 unspecified atom stereocenters. The third kappa shape index (κ3) is 10.2. The molecule has 50 heavy (non-hydrogen) atoms. The van der Waals surface area contributed by atoms with Crippen LogP contribution in [-0.4, -0.2) is 88.6 Å². The van der Waals surface area contributed by atoms with E-state index in [1.54, 1.807) is 0 Å². The van der Waals surface area contributed by atoms with Gasteiger partial charge in [-0.1, -0.05) is 6.92 Å². The van der Waals surface area contributed by atoms with Crippen LogP contribution in [0.25, 0.3) is 0 Å². The Bertz CT molecular complexity index is 1400. The molecule has 0 aromatic heterocycles. The van der Waals surface area contributed by atoms with Gasteiger partial charge >= 0.3 is 47.8 Å². The van der Waals surface area contributed by atoms with Gasteiger partial charge in [-0.05, 0) is 114 Å². The molecule has 0 fully saturated rings. The first-order valence-corrected chi connectivity index (χ1v) is 15.9. The second kappa shape index (κ2) is 14.9. The monoisotopic (exact) mass is 718 g/mol. The van der Waals surface area contributed by atoms with Crippen LogP contribution in [0.3, 0.4) is 0 Å². The van der Waals surface area contributed by atoms with Gasteiger partial charge in [-0.2, -0.15) is 0 Å². The predicted molar refractivity (Wildman–Crippen MR) is 174 cm³/mol. The van der Waals surface area contributed by atoms with Gasteiger partial charge in [0.25, 0.3) is 0 Å². The Morgan fingerprint density at radius 2 is 0.460 bits per heavy atom. The molecule has 0 rings (SSSR count). The van der Waals surface area contributed by atoms with Crippen molar-refractivity contribution in [1.82, 2.24) is 0 Å². The number of hydrogen-bond acceptors (Lipinski definition) is 8. The van der Waals surface area contributed by atoms with Gasteiger partial charge in [-0.3, -0.25) is 38.4 Å². The summed E-state index contributed by atoms with van der Waals surface area (Å²) >= 11 is 0. The van der Waals surface area contributed by atoms with E-state index in [0.29, 0.717) is 0 Å². The van der Waals surface area contributed by atoms with Gasteiger partial charge in [0, 0.05) is 0 Å². The molecule has 16 heteroatoms. The highest BCUT2D eigenvalue weighted by Crippen LogP contribution is 2.54. The molecule has 0 amide bonds.